The second-order valence-electron chi connectivity index (χ2n) is 3.52. The summed E-state index contributed by atoms with van der Waals surface area (Å²) < 4.78 is 0. The smallest absolute Gasteiger partial charge is 0.147 e. The molecule has 2 rings (SSSR count). The van der Waals surface area contributed by atoms with Crippen molar-refractivity contribution in [1.29, 1.82) is 0 Å². The number of hydrogen-bond acceptors (Lipinski definition) is 3. The van der Waals surface area contributed by atoms with E-state index in [1.165, 1.54) is 5.56 Å². The molecule has 0 unspecified atom stereocenters. The molecule has 0 aliphatic heterocycles. The molecule has 82 valence electrons. The van der Waals surface area contributed by atoms with E-state index >= 15 is 0 Å². The predicted octanol–water partition coefficient (Wildman–Crippen LogP) is 2.77. The Balaban J connectivity index is 2.15. The fourth-order valence-electron chi connectivity index (χ4n) is 1.50. The van der Waals surface area contributed by atoms with Crippen molar-refractivity contribution >= 4 is 17.4 Å². The molecule has 0 aromatic carbocycles. The molecule has 0 spiro atoms. The van der Waals surface area contributed by atoms with Crippen LogP contribution in [0, 0.1) is 0 Å². The van der Waals surface area contributed by atoms with Crippen LogP contribution in [0.25, 0.3) is 0 Å². The van der Waals surface area contributed by atoms with Crippen LogP contribution in [-0.2, 0) is 6.54 Å². The molecule has 0 saturated carbocycles. The van der Waals surface area contributed by atoms with Gasteiger partial charge in [-0.3, -0.25) is 4.98 Å². The third-order valence-electron chi connectivity index (χ3n) is 2.27. The first kappa shape index (κ1) is 10.9. The summed E-state index contributed by atoms with van der Waals surface area (Å²) in [5.41, 5.74) is 1.18. The standard InChI is InChI=1S/C12H12ClN3/c1-16(9-10-4-7-14-8-5-10)12-11(13)3-2-6-15-12/h2-8H,9H2,1H3. The van der Waals surface area contributed by atoms with Crippen LogP contribution in [0.15, 0.2) is 42.9 Å². The van der Waals surface area contributed by atoms with Crippen molar-refractivity contribution in [3.8, 4) is 0 Å². The Hall–Kier alpha value is -1.61. The van der Waals surface area contributed by atoms with E-state index in [1.807, 2.05) is 36.2 Å². The van der Waals surface area contributed by atoms with Crippen LogP contribution in [0.5, 0.6) is 0 Å². The number of rotatable bonds is 3. The van der Waals surface area contributed by atoms with Crippen molar-refractivity contribution in [3.05, 3.63) is 53.4 Å². The summed E-state index contributed by atoms with van der Waals surface area (Å²) in [6, 6.07) is 7.62. The average Bonchev–Trinajstić information content (AvgIpc) is 2.31. The number of halogens is 1. The zero-order chi connectivity index (χ0) is 11.4. The summed E-state index contributed by atoms with van der Waals surface area (Å²) in [7, 11) is 1.97. The average molecular weight is 234 g/mol. The summed E-state index contributed by atoms with van der Waals surface area (Å²) >= 11 is 6.07. The molecule has 0 atom stereocenters. The van der Waals surface area contributed by atoms with Crippen LogP contribution in [0.3, 0.4) is 0 Å². The Labute approximate surface area is 99.7 Å². The van der Waals surface area contributed by atoms with E-state index in [0.717, 1.165) is 12.4 Å². The van der Waals surface area contributed by atoms with Gasteiger partial charge in [0.05, 0.1) is 5.02 Å². The van der Waals surface area contributed by atoms with Crippen molar-refractivity contribution in [1.82, 2.24) is 9.97 Å². The molecule has 0 N–H and O–H groups in total. The van der Waals surface area contributed by atoms with Gasteiger partial charge in [0.25, 0.3) is 0 Å². The molecule has 0 aliphatic carbocycles. The normalized spacial score (nSPS) is 10.1. The SMILES string of the molecule is CN(Cc1ccncc1)c1ncccc1Cl. The van der Waals surface area contributed by atoms with Crippen LogP contribution in [0.1, 0.15) is 5.56 Å². The maximum Gasteiger partial charge on any atom is 0.147 e. The number of aromatic nitrogens is 2. The lowest BCUT2D eigenvalue weighted by molar-refractivity contribution is 0.895. The van der Waals surface area contributed by atoms with Gasteiger partial charge in [0.15, 0.2) is 0 Å². The summed E-state index contributed by atoms with van der Waals surface area (Å²) in [6.45, 7) is 0.763. The molecule has 4 heteroatoms. The fourth-order valence-corrected chi connectivity index (χ4v) is 1.76. The minimum Gasteiger partial charge on any atom is -0.354 e. The van der Waals surface area contributed by atoms with E-state index in [-0.39, 0.29) is 0 Å². The lowest BCUT2D eigenvalue weighted by Gasteiger charge is -2.18. The Morgan fingerprint density at radius 1 is 1.19 bits per heavy atom. The lowest BCUT2D eigenvalue weighted by Crippen LogP contribution is -2.17. The maximum absolute atomic E-state index is 6.07. The van der Waals surface area contributed by atoms with Gasteiger partial charge in [-0.05, 0) is 29.8 Å². The second kappa shape index (κ2) is 4.94. The van der Waals surface area contributed by atoms with Crippen molar-refractivity contribution < 1.29 is 0 Å². The zero-order valence-electron chi connectivity index (χ0n) is 8.97. The van der Waals surface area contributed by atoms with Gasteiger partial charge in [-0.25, -0.2) is 4.98 Å². The molecule has 2 aromatic rings. The number of hydrogen-bond donors (Lipinski definition) is 0. The maximum atomic E-state index is 6.07. The highest BCUT2D eigenvalue weighted by atomic mass is 35.5. The highest BCUT2D eigenvalue weighted by Gasteiger charge is 2.06. The molecule has 0 bridgehead atoms. The van der Waals surface area contributed by atoms with E-state index in [1.54, 1.807) is 18.6 Å². The summed E-state index contributed by atoms with van der Waals surface area (Å²) in [5.74, 6) is 0.793. The van der Waals surface area contributed by atoms with Crippen molar-refractivity contribution in [2.45, 2.75) is 6.54 Å². The molecule has 0 amide bonds. The van der Waals surface area contributed by atoms with Gasteiger partial charge in [0, 0.05) is 32.2 Å². The van der Waals surface area contributed by atoms with E-state index in [9.17, 15) is 0 Å². The third-order valence-corrected chi connectivity index (χ3v) is 2.56. The molecule has 0 aliphatic rings. The van der Waals surface area contributed by atoms with Gasteiger partial charge in [-0.15, -0.1) is 0 Å². The molecule has 0 fully saturated rings. The molecular formula is C12H12ClN3. The first-order valence-electron chi connectivity index (χ1n) is 4.98. The van der Waals surface area contributed by atoms with E-state index in [2.05, 4.69) is 9.97 Å². The largest absolute Gasteiger partial charge is 0.354 e. The second-order valence-corrected chi connectivity index (χ2v) is 3.93. The van der Waals surface area contributed by atoms with Crippen molar-refractivity contribution in [2.24, 2.45) is 0 Å². The highest BCUT2D eigenvalue weighted by Crippen LogP contribution is 2.22. The van der Waals surface area contributed by atoms with E-state index in [0.29, 0.717) is 5.02 Å². The monoisotopic (exact) mass is 233 g/mol. The summed E-state index contributed by atoms with van der Waals surface area (Å²) in [6.07, 6.45) is 5.30. The minimum atomic E-state index is 0.666. The molecular weight excluding hydrogens is 222 g/mol. The Morgan fingerprint density at radius 2 is 1.94 bits per heavy atom. The Bertz CT molecular complexity index is 459. The van der Waals surface area contributed by atoms with Crippen molar-refractivity contribution in [2.75, 3.05) is 11.9 Å². The summed E-state index contributed by atoms with van der Waals surface area (Å²) in [4.78, 5) is 10.2. The van der Waals surface area contributed by atoms with Gasteiger partial charge in [-0.1, -0.05) is 11.6 Å². The van der Waals surface area contributed by atoms with Gasteiger partial charge >= 0.3 is 0 Å². The van der Waals surface area contributed by atoms with Crippen LogP contribution < -0.4 is 4.90 Å². The van der Waals surface area contributed by atoms with Gasteiger partial charge in [0.1, 0.15) is 5.82 Å². The highest BCUT2D eigenvalue weighted by molar-refractivity contribution is 6.32. The van der Waals surface area contributed by atoms with Crippen LogP contribution in [0.2, 0.25) is 5.02 Å². The van der Waals surface area contributed by atoms with E-state index < -0.39 is 0 Å². The molecule has 2 heterocycles. The lowest BCUT2D eigenvalue weighted by atomic mass is 10.2. The molecule has 2 aromatic heterocycles. The van der Waals surface area contributed by atoms with Crippen LogP contribution >= 0.6 is 11.6 Å². The van der Waals surface area contributed by atoms with Crippen molar-refractivity contribution in [3.63, 3.8) is 0 Å². The number of pyridine rings is 2. The first-order chi connectivity index (χ1) is 7.77. The van der Waals surface area contributed by atoms with Gasteiger partial charge in [0.2, 0.25) is 0 Å². The Kier molecular flexibility index (Phi) is 3.37. The topological polar surface area (TPSA) is 29.0 Å². The number of anilines is 1. The van der Waals surface area contributed by atoms with Gasteiger partial charge < -0.3 is 4.90 Å². The zero-order valence-corrected chi connectivity index (χ0v) is 9.72. The molecule has 0 saturated heterocycles. The number of nitrogens with zero attached hydrogens (tertiary/aromatic N) is 3. The minimum absolute atomic E-state index is 0.666. The molecule has 16 heavy (non-hydrogen) atoms. The Morgan fingerprint density at radius 3 is 2.62 bits per heavy atom. The third kappa shape index (κ3) is 2.49. The van der Waals surface area contributed by atoms with Gasteiger partial charge in [-0.2, -0.15) is 0 Å². The summed E-state index contributed by atoms with van der Waals surface area (Å²) in [5, 5.41) is 0.666. The fraction of sp³-hybridized carbons (Fsp3) is 0.167. The van der Waals surface area contributed by atoms with E-state index in [4.69, 9.17) is 11.6 Å². The molecule has 0 radical (unpaired) electrons. The first-order valence-corrected chi connectivity index (χ1v) is 5.36. The quantitative estimate of drug-likeness (QED) is 0.816. The van der Waals surface area contributed by atoms with Crippen LogP contribution in [-0.4, -0.2) is 17.0 Å². The molecule has 3 nitrogen and oxygen atoms in total. The van der Waals surface area contributed by atoms with Crippen LogP contribution in [0.4, 0.5) is 5.82 Å². The predicted molar refractivity (Wildman–Crippen MR) is 65.6 cm³/mol.